The summed E-state index contributed by atoms with van der Waals surface area (Å²) in [6.07, 6.45) is 1.51. The number of rotatable bonds is 6. The standard InChI is InChI=1S/C22H20N2O4/c1-15(25)19-8-3-4-9-20(19)23-22(27)17-10-11-21(26)24(14-17)13-16-6-5-7-18(12-16)28-2/h3-12,14H,13H2,1-2H3,(H,23,27). The lowest BCUT2D eigenvalue weighted by Crippen LogP contribution is -2.23. The van der Waals surface area contributed by atoms with Crippen molar-refractivity contribution in [2.24, 2.45) is 0 Å². The molecule has 0 aliphatic heterocycles. The number of para-hydroxylation sites is 1. The maximum absolute atomic E-state index is 12.6. The number of ether oxygens (including phenoxy) is 1. The van der Waals surface area contributed by atoms with E-state index in [1.54, 1.807) is 31.4 Å². The second-order valence-electron chi connectivity index (χ2n) is 6.29. The molecule has 0 fully saturated rings. The van der Waals surface area contributed by atoms with E-state index in [4.69, 9.17) is 4.74 Å². The fraction of sp³-hybridized carbons (Fsp3) is 0.136. The Kier molecular flexibility index (Phi) is 5.69. The van der Waals surface area contributed by atoms with E-state index in [1.165, 1.54) is 29.8 Å². The van der Waals surface area contributed by atoms with E-state index in [9.17, 15) is 14.4 Å². The number of nitrogens with zero attached hydrogens (tertiary/aromatic N) is 1. The van der Waals surface area contributed by atoms with Gasteiger partial charge in [-0.2, -0.15) is 0 Å². The van der Waals surface area contributed by atoms with Gasteiger partial charge in [-0.3, -0.25) is 14.4 Å². The van der Waals surface area contributed by atoms with Gasteiger partial charge in [0.25, 0.3) is 11.5 Å². The van der Waals surface area contributed by atoms with Crippen LogP contribution in [0.25, 0.3) is 0 Å². The average Bonchev–Trinajstić information content (AvgIpc) is 2.70. The number of pyridine rings is 1. The molecule has 1 heterocycles. The number of Topliss-reactive ketones (excluding diaryl/α,β-unsaturated/α-hetero) is 1. The number of nitrogens with one attached hydrogen (secondary N) is 1. The van der Waals surface area contributed by atoms with Crippen LogP contribution in [-0.4, -0.2) is 23.4 Å². The van der Waals surface area contributed by atoms with Crippen LogP contribution in [0.3, 0.4) is 0 Å². The van der Waals surface area contributed by atoms with Gasteiger partial charge in [-0.1, -0.05) is 24.3 Å². The van der Waals surface area contributed by atoms with Crippen LogP contribution in [0, 0.1) is 0 Å². The van der Waals surface area contributed by atoms with Crippen molar-refractivity contribution in [1.82, 2.24) is 4.57 Å². The molecule has 3 rings (SSSR count). The number of anilines is 1. The number of benzene rings is 2. The van der Waals surface area contributed by atoms with E-state index >= 15 is 0 Å². The smallest absolute Gasteiger partial charge is 0.257 e. The first-order chi connectivity index (χ1) is 13.5. The van der Waals surface area contributed by atoms with Gasteiger partial charge in [-0.25, -0.2) is 0 Å². The minimum absolute atomic E-state index is 0.140. The normalized spacial score (nSPS) is 10.4. The van der Waals surface area contributed by atoms with E-state index in [0.717, 1.165) is 5.56 Å². The molecule has 6 heteroatoms. The Morgan fingerprint density at radius 1 is 1.04 bits per heavy atom. The van der Waals surface area contributed by atoms with Crippen molar-refractivity contribution in [2.45, 2.75) is 13.5 Å². The van der Waals surface area contributed by atoms with Crippen molar-refractivity contribution in [1.29, 1.82) is 0 Å². The third-order valence-corrected chi connectivity index (χ3v) is 4.29. The second-order valence-corrected chi connectivity index (χ2v) is 6.29. The van der Waals surface area contributed by atoms with Crippen molar-refractivity contribution in [3.05, 3.63) is 93.9 Å². The molecule has 28 heavy (non-hydrogen) atoms. The summed E-state index contributed by atoms with van der Waals surface area (Å²) in [5.74, 6) is 0.160. The molecule has 0 aliphatic carbocycles. The summed E-state index contributed by atoms with van der Waals surface area (Å²) in [5.41, 5.74) is 1.84. The first-order valence-corrected chi connectivity index (χ1v) is 8.72. The highest BCUT2D eigenvalue weighted by atomic mass is 16.5. The fourth-order valence-corrected chi connectivity index (χ4v) is 2.85. The average molecular weight is 376 g/mol. The zero-order valence-corrected chi connectivity index (χ0v) is 15.6. The second kappa shape index (κ2) is 8.35. The highest BCUT2D eigenvalue weighted by Gasteiger charge is 2.12. The lowest BCUT2D eigenvalue weighted by molar-refractivity contribution is 0.101. The number of carbonyl (C=O) groups is 2. The van der Waals surface area contributed by atoms with Crippen LogP contribution >= 0.6 is 0 Å². The Morgan fingerprint density at radius 3 is 2.57 bits per heavy atom. The number of aromatic nitrogens is 1. The van der Waals surface area contributed by atoms with Gasteiger partial charge in [0.05, 0.1) is 24.9 Å². The molecule has 0 aliphatic rings. The number of methoxy groups -OCH3 is 1. The van der Waals surface area contributed by atoms with E-state index in [-0.39, 0.29) is 11.3 Å². The topological polar surface area (TPSA) is 77.4 Å². The molecule has 1 N–H and O–H groups in total. The molecule has 0 spiro atoms. The van der Waals surface area contributed by atoms with E-state index in [1.807, 2.05) is 24.3 Å². The van der Waals surface area contributed by atoms with Gasteiger partial charge in [0.2, 0.25) is 0 Å². The van der Waals surface area contributed by atoms with Crippen molar-refractivity contribution < 1.29 is 14.3 Å². The van der Waals surface area contributed by atoms with Crippen LogP contribution in [0.1, 0.15) is 33.2 Å². The van der Waals surface area contributed by atoms with Gasteiger partial charge >= 0.3 is 0 Å². The molecule has 0 atom stereocenters. The summed E-state index contributed by atoms with van der Waals surface area (Å²) in [6, 6.07) is 17.0. The molecule has 2 aromatic carbocycles. The van der Waals surface area contributed by atoms with Crippen LogP contribution < -0.4 is 15.6 Å². The number of carbonyl (C=O) groups excluding carboxylic acids is 2. The van der Waals surface area contributed by atoms with E-state index in [2.05, 4.69) is 5.32 Å². The molecule has 0 unspecified atom stereocenters. The molecule has 0 saturated heterocycles. The Hall–Kier alpha value is -3.67. The van der Waals surface area contributed by atoms with Crippen LogP contribution in [0.15, 0.2) is 71.7 Å². The molecular weight excluding hydrogens is 356 g/mol. The Bertz CT molecular complexity index is 1090. The highest BCUT2D eigenvalue weighted by molar-refractivity contribution is 6.08. The Morgan fingerprint density at radius 2 is 1.82 bits per heavy atom. The Labute approximate surface area is 162 Å². The molecule has 142 valence electrons. The third-order valence-electron chi connectivity index (χ3n) is 4.29. The predicted octanol–water partition coefficient (Wildman–Crippen LogP) is 3.36. The van der Waals surface area contributed by atoms with Crippen molar-refractivity contribution in [3.8, 4) is 5.75 Å². The minimum atomic E-state index is -0.395. The van der Waals surface area contributed by atoms with E-state index in [0.29, 0.717) is 29.1 Å². The van der Waals surface area contributed by atoms with Crippen LogP contribution in [0.2, 0.25) is 0 Å². The zero-order chi connectivity index (χ0) is 20.1. The van der Waals surface area contributed by atoms with Crippen LogP contribution in [0.4, 0.5) is 5.69 Å². The fourth-order valence-electron chi connectivity index (χ4n) is 2.85. The van der Waals surface area contributed by atoms with Crippen molar-refractivity contribution >= 4 is 17.4 Å². The highest BCUT2D eigenvalue weighted by Crippen LogP contribution is 2.17. The molecule has 3 aromatic rings. The van der Waals surface area contributed by atoms with Gasteiger partial charge in [-0.15, -0.1) is 0 Å². The third kappa shape index (κ3) is 4.35. The minimum Gasteiger partial charge on any atom is -0.497 e. The van der Waals surface area contributed by atoms with Gasteiger partial charge in [-0.05, 0) is 42.8 Å². The van der Waals surface area contributed by atoms with Gasteiger partial charge in [0, 0.05) is 17.8 Å². The SMILES string of the molecule is COc1cccc(Cn2cc(C(=O)Nc3ccccc3C(C)=O)ccc2=O)c1. The summed E-state index contributed by atoms with van der Waals surface area (Å²) < 4.78 is 6.66. The van der Waals surface area contributed by atoms with Gasteiger partial charge in [0.1, 0.15) is 5.75 Å². The van der Waals surface area contributed by atoms with Gasteiger partial charge < -0.3 is 14.6 Å². The predicted molar refractivity (Wildman–Crippen MR) is 107 cm³/mol. The largest absolute Gasteiger partial charge is 0.497 e. The molecule has 0 radical (unpaired) electrons. The van der Waals surface area contributed by atoms with Crippen LogP contribution in [-0.2, 0) is 6.54 Å². The number of hydrogen-bond acceptors (Lipinski definition) is 4. The summed E-state index contributed by atoms with van der Waals surface area (Å²) >= 11 is 0. The zero-order valence-electron chi connectivity index (χ0n) is 15.6. The monoisotopic (exact) mass is 376 g/mol. The molecule has 1 aromatic heterocycles. The lowest BCUT2D eigenvalue weighted by atomic mass is 10.1. The molecule has 0 bridgehead atoms. The summed E-state index contributed by atoms with van der Waals surface area (Å²) in [7, 11) is 1.58. The summed E-state index contributed by atoms with van der Waals surface area (Å²) in [4.78, 5) is 36.6. The maximum atomic E-state index is 12.6. The van der Waals surface area contributed by atoms with Crippen molar-refractivity contribution in [3.63, 3.8) is 0 Å². The molecule has 6 nitrogen and oxygen atoms in total. The van der Waals surface area contributed by atoms with Crippen molar-refractivity contribution in [2.75, 3.05) is 12.4 Å². The van der Waals surface area contributed by atoms with E-state index < -0.39 is 5.91 Å². The van der Waals surface area contributed by atoms with Crippen LogP contribution in [0.5, 0.6) is 5.75 Å². The summed E-state index contributed by atoms with van der Waals surface area (Å²) in [6.45, 7) is 1.75. The summed E-state index contributed by atoms with van der Waals surface area (Å²) in [5, 5.41) is 2.74. The lowest BCUT2D eigenvalue weighted by Gasteiger charge is -2.11. The van der Waals surface area contributed by atoms with Gasteiger partial charge in [0.15, 0.2) is 5.78 Å². The number of ketones is 1. The number of amides is 1. The number of hydrogen-bond donors (Lipinski definition) is 1. The molecule has 0 saturated carbocycles. The Balaban J connectivity index is 1.85. The molecule has 1 amide bonds. The first-order valence-electron chi connectivity index (χ1n) is 8.72. The maximum Gasteiger partial charge on any atom is 0.257 e. The molecular formula is C22H20N2O4. The quantitative estimate of drug-likeness (QED) is 0.669. The first kappa shape index (κ1) is 19.1.